The molecule has 1 aliphatic heterocycles. The van der Waals surface area contributed by atoms with Crippen molar-refractivity contribution in [2.75, 3.05) is 31.9 Å². The normalized spacial score (nSPS) is 16.1. The van der Waals surface area contributed by atoms with Crippen LogP contribution in [0.15, 0.2) is 41.8 Å². The van der Waals surface area contributed by atoms with Crippen LogP contribution in [0.2, 0.25) is 0 Å². The fraction of sp³-hybridized carbons (Fsp3) is 0.389. The van der Waals surface area contributed by atoms with E-state index >= 15 is 0 Å². The van der Waals surface area contributed by atoms with E-state index < -0.39 is 10.0 Å². The SMILES string of the molecule is CCS(=O)(=O)N1CCN(C(=O)c2ccccc2Cc2cccs2)CC1. The van der Waals surface area contributed by atoms with Crippen molar-refractivity contribution >= 4 is 27.3 Å². The van der Waals surface area contributed by atoms with Crippen LogP contribution >= 0.6 is 11.3 Å². The second-order valence-corrected chi connectivity index (χ2v) is 9.29. The molecule has 134 valence electrons. The molecule has 1 aromatic heterocycles. The van der Waals surface area contributed by atoms with E-state index in [-0.39, 0.29) is 11.7 Å². The van der Waals surface area contributed by atoms with Crippen LogP contribution in [0.5, 0.6) is 0 Å². The summed E-state index contributed by atoms with van der Waals surface area (Å²) < 4.78 is 25.4. The molecule has 2 heterocycles. The lowest BCUT2D eigenvalue weighted by Crippen LogP contribution is -2.51. The summed E-state index contributed by atoms with van der Waals surface area (Å²) in [5.41, 5.74) is 1.72. The van der Waals surface area contributed by atoms with Gasteiger partial charge in [-0.15, -0.1) is 11.3 Å². The van der Waals surface area contributed by atoms with Gasteiger partial charge in [0.15, 0.2) is 0 Å². The Morgan fingerprint density at radius 2 is 1.80 bits per heavy atom. The first kappa shape index (κ1) is 18.1. The van der Waals surface area contributed by atoms with Crippen molar-refractivity contribution in [1.29, 1.82) is 0 Å². The van der Waals surface area contributed by atoms with Crippen LogP contribution in [0.25, 0.3) is 0 Å². The van der Waals surface area contributed by atoms with Crippen LogP contribution in [0.4, 0.5) is 0 Å². The van der Waals surface area contributed by atoms with Gasteiger partial charge in [-0.1, -0.05) is 24.3 Å². The standard InChI is InChI=1S/C18H22N2O3S2/c1-2-25(22,23)20-11-9-19(10-12-20)18(21)17-8-4-3-6-15(17)14-16-7-5-13-24-16/h3-8,13H,2,9-12,14H2,1H3. The maximum atomic E-state index is 12.9. The van der Waals surface area contributed by atoms with E-state index in [1.54, 1.807) is 23.2 Å². The molecular weight excluding hydrogens is 356 g/mol. The van der Waals surface area contributed by atoms with Gasteiger partial charge in [0.1, 0.15) is 0 Å². The molecule has 1 saturated heterocycles. The summed E-state index contributed by atoms with van der Waals surface area (Å²) in [5, 5.41) is 2.03. The Morgan fingerprint density at radius 3 is 2.44 bits per heavy atom. The molecule has 0 atom stereocenters. The summed E-state index contributed by atoms with van der Waals surface area (Å²) in [7, 11) is -3.18. The van der Waals surface area contributed by atoms with Crippen LogP contribution in [-0.4, -0.2) is 55.5 Å². The van der Waals surface area contributed by atoms with Crippen molar-refractivity contribution in [1.82, 2.24) is 9.21 Å². The van der Waals surface area contributed by atoms with Crippen molar-refractivity contribution in [3.8, 4) is 0 Å². The minimum atomic E-state index is -3.18. The third kappa shape index (κ3) is 4.11. The summed E-state index contributed by atoms with van der Waals surface area (Å²) in [4.78, 5) is 15.9. The van der Waals surface area contributed by atoms with E-state index in [0.29, 0.717) is 31.7 Å². The van der Waals surface area contributed by atoms with Gasteiger partial charge in [0, 0.05) is 43.0 Å². The van der Waals surface area contributed by atoms with Gasteiger partial charge in [-0.3, -0.25) is 4.79 Å². The van der Waals surface area contributed by atoms with Crippen molar-refractivity contribution in [2.24, 2.45) is 0 Å². The van der Waals surface area contributed by atoms with Crippen molar-refractivity contribution in [2.45, 2.75) is 13.3 Å². The number of piperazine rings is 1. The van der Waals surface area contributed by atoms with Crippen molar-refractivity contribution in [3.63, 3.8) is 0 Å². The van der Waals surface area contributed by atoms with Crippen LogP contribution in [0.1, 0.15) is 27.7 Å². The molecule has 0 unspecified atom stereocenters. The third-order valence-corrected chi connectivity index (χ3v) is 7.23. The van der Waals surface area contributed by atoms with E-state index in [4.69, 9.17) is 0 Å². The Bertz CT molecular complexity index is 824. The van der Waals surface area contributed by atoms with Gasteiger partial charge in [-0.2, -0.15) is 4.31 Å². The Morgan fingerprint density at radius 1 is 1.08 bits per heavy atom. The van der Waals surface area contributed by atoms with E-state index in [1.807, 2.05) is 35.7 Å². The lowest BCUT2D eigenvalue weighted by atomic mass is 10.0. The van der Waals surface area contributed by atoms with Gasteiger partial charge in [-0.05, 0) is 30.0 Å². The molecule has 1 aliphatic rings. The average Bonchev–Trinajstić information content (AvgIpc) is 3.15. The van der Waals surface area contributed by atoms with Crippen LogP contribution in [-0.2, 0) is 16.4 Å². The predicted octanol–water partition coefficient (Wildman–Crippen LogP) is 2.45. The zero-order valence-electron chi connectivity index (χ0n) is 14.2. The highest BCUT2D eigenvalue weighted by molar-refractivity contribution is 7.89. The summed E-state index contributed by atoms with van der Waals surface area (Å²) in [6, 6.07) is 11.8. The zero-order valence-corrected chi connectivity index (χ0v) is 15.9. The molecule has 0 radical (unpaired) electrons. The molecule has 0 saturated carbocycles. The first-order valence-electron chi connectivity index (χ1n) is 8.38. The molecule has 25 heavy (non-hydrogen) atoms. The highest BCUT2D eigenvalue weighted by atomic mass is 32.2. The van der Waals surface area contributed by atoms with Gasteiger partial charge in [-0.25, -0.2) is 8.42 Å². The van der Waals surface area contributed by atoms with E-state index in [1.165, 1.54) is 9.18 Å². The minimum absolute atomic E-state index is 0.0132. The molecule has 1 fully saturated rings. The van der Waals surface area contributed by atoms with Crippen LogP contribution in [0, 0.1) is 0 Å². The highest BCUT2D eigenvalue weighted by Crippen LogP contribution is 2.20. The number of carbonyl (C=O) groups is 1. The lowest BCUT2D eigenvalue weighted by molar-refractivity contribution is 0.0697. The van der Waals surface area contributed by atoms with Gasteiger partial charge < -0.3 is 4.90 Å². The molecule has 0 N–H and O–H groups in total. The summed E-state index contributed by atoms with van der Waals surface area (Å²) >= 11 is 1.68. The van der Waals surface area contributed by atoms with E-state index in [9.17, 15) is 13.2 Å². The number of sulfonamides is 1. The van der Waals surface area contributed by atoms with Gasteiger partial charge in [0.05, 0.1) is 5.75 Å². The smallest absolute Gasteiger partial charge is 0.254 e. The molecule has 0 aliphatic carbocycles. The molecule has 3 rings (SSSR count). The van der Waals surface area contributed by atoms with Crippen LogP contribution in [0.3, 0.4) is 0 Å². The fourth-order valence-electron chi connectivity index (χ4n) is 3.01. The van der Waals surface area contributed by atoms with Gasteiger partial charge in [0.2, 0.25) is 10.0 Å². The fourth-order valence-corrected chi connectivity index (χ4v) is 4.82. The second kappa shape index (κ2) is 7.68. The van der Waals surface area contributed by atoms with Gasteiger partial charge >= 0.3 is 0 Å². The highest BCUT2D eigenvalue weighted by Gasteiger charge is 2.28. The largest absolute Gasteiger partial charge is 0.336 e. The molecule has 1 aromatic carbocycles. The molecular formula is C18H22N2O3S2. The third-order valence-electron chi connectivity index (χ3n) is 4.48. The van der Waals surface area contributed by atoms with Crippen molar-refractivity contribution < 1.29 is 13.2 Å². The van der Waals surface area contributed by atoms with Crippen molar-refractivity contribution in [3.05, 3.63) is 57.8 Å². The summed E-state index contributed by atoms with van der Waals surface area (Å²) in [6.07, 6.45) is 0.740. The topological polar surface area (TPSA) is 57.7 Å². The Hall–Kier alpha value is -1.70. The molecule has 1 amide bonds. The summed E-state index contributed by atoms with van der Waals surface area (Å²) in [5.74, 6) is 0.0885. The number of amides is 1. The molecule has 0 bridgehead atoms. The van der Waals surface area contributed by atoms with Gasteiger partial charge in [0.25, 0.3) is 5.91 Å². The molecule has 2 aromatic rings. The molecule has 0 spiro atoms. The lowest BCUT2D eigenvalue weighted by Gasteiger charge is -2.34. The Labute approximate surface area is 152 Å². The first-order valence-corrected chi connectivity index (χ1v) is 10.9. The predicted molar refractivity (Wildman–Crippen MR) is 101 cm³/mol. The number of nitrogens with zero attached hydrogens (tertiary/aromatic N) is 2. The van der Waals surface area contributed by atoms with Crippen LogP contribution < -0.4 is 0 Å². The number of hydrogen-bond donors (Lipinski definition) is 0. The zero-order chi connectivity index (χ0) is 17.9. The maximum absolute atomic E-state index is 12.9. The summed E-state index contributed by atoms with van der Waals surface area (Å²) in [6.45, 7) is 3.26. The number of benzene rings is 1. The Balaban J connectivity index is 1.72. The quantitative estimate of drug-likeness (QED) is 0.803. The number of rotatable bonds is 5. The van der Waals surface area contributed by atoms with E-state index in [0.717, 1.165) is 12.0 Å². The first-order chi connectivity index (χ1) is 12.0. The Kier molecular flexibility index (Phi) is 5.56. The minimum Gasteiger partial charge on any atom is -0.336 e. The second-order valence-electron chi connectivity index (χ2n) is 6.01. The molecule has 7 heteroatoms. The monoisotopic (exact) mass is 378 g/mol. The number of thiophene rings is 1. The molecule has 5 nitrogen and oxygen atoms in total. The van der Waals surface area contributed by atoms with E-state index in [2.05, 4.69) is 6.07 Å². The number of carbonyl (C=O) groups excluding carboxylic acids is 1. The number of hydrogen-bond acceptors (Lipinski definition) is 4. The average molecular weight is 379 g/mol. The maximum Gasteiger partial charge on any atom is 0.254 e.